The molecule has 108 valence electrons. The summed E-state index contributed by atoms with van der Waals surface area (Å²) in [7, 11) is -4.12. The average Bonchev–Trinajstić information content (AvgIpc) is 2.84. The Hall–Kier alpha value is -1.92. The SMILES string of the molecule is C=CN1CCCC1=O.C=Cc1ccccc1S(=O)(=O)O. The van der Waals surface area contributed by atoms with Crippen LogP contribution in [0.25, 0.3) is 6.08 Å². The van der Waals surface area contributed by atoms with Gasteiger partial charge in [-0.1, -0.05) is 37.4 Å². The minimum atomic E-state index is -4.12. The molecule has 1 amide bonds. The molecule has 1 aliphatic rings. The van der Waals surface area contributed by atoms with E-state index >= 15 is 0 Å². The predicted molar refractivity (Wildman–Crippen MR) is 77.5 cm³/mol. The van der Waals surface area contributed by atoms with Gasteiger partial charge in [0, 0.05) is 13.0 Å². The Morgan fingerprint density at radius 3 is 2.25 bits per heavy atom. The van der Waals surface area contributed by atoms with Crippen LogP contribution in [0.5, 0.6) is 0 Å². The van der Waals surface area contributed by atoms with Gasteiger partial charge in [-0.25, -0.2) is 0 Å². The molecular formula is C14H17NO4S. The quantitative estimate of drug-likeness (QED) is 0.868. The third kappa shape index (κ3) is 4.32. The molecule has 2 rings (SSSR count). The van der Waals surface area contributed by atoms with Crippen LogP contribution in [-0.2, 0) is 14.9 Å². The zero-order valence-corrected chi connectivity index (χ0v) is 11.8. The molecular weight excluding hydrogens is 278 g/mol. The number of carbonyl (C=O) groups excluding carboxylic acids is 1. The van der Waals surface area contributed by atoms with Crippen molar-refractivity contribution in [1.82, 2.24) is 4.90 Å². The molecule has 0 atom stereocenters. The van der Waals surface area contributed by atoms with E-state index in [4.69, 9.17) is 4.55 Å². The fourth-order valence-electron chi connectivity index (χ4n) is 1.75. The van der Waals surface area contributed by atoms with Gasteiger partial charge in [-0.3, -0.25) is 9.35 Å². The number of rotatable bonds is 3. The van der Waals surface area contributed by atoms with Crippen molar-refractivity contribution < 1.29 is 17.8 Å². The topological polar surface area (TPSA) is 74.7 Å². The smallest absolute Gasteiger partial charge is 0.295 e. The highest BCUT2D eigenvalue weighted by Gasteiger charge is 2.16. The largest absolute Gasteiger partial charge is 0.320 e. The summed E-state index contributed by atoms with van der Waals surface area (Å²) in [5, 5.41) is 0. The van der Waals surface area contributed by atoms with Crippen molar-refractivity contribution in [3.05, 3.63) is 49.2 Å². The van der Waals surface area contributed by atoms with Gasteiger partial charge < -0.3 is 4.90 Å². The summed E-state index contributed by atoms with van der Waals surface area (Å²) in [5.41, 5.74) is 0.403. The van der Waals surface area contributed by atoms with Crippen LogP contribution in [0.2, 0.25) is 0 Å². The summed E-state index contributed by atoms with van der Waals surface area (Å²) in [6.07, 6.45) is 4.66. The third-order valence-electron chi connectivity index (χ3n) is 2.75. The molecule has 1 aromatic rings. The van der Waals surface area contributed by atoms with Gasteiger partial charge in [0.25, 0.3) is 10.1 Å². The molecule has 20 heavy (non-hydrogen) atoms. The molecule has 1 heterocycles. The molecule has 0 aliphatic carbocycles. The Morgan fingerprint density at radius 2 is 1.90 bits per heavy atom. The van der Waals surface area contributed by atoms with E-state index in [1.165, 1.54) is 18.2 Å². The lowest BCUT2D eigenvalue weighted by atomic mass is 10.2. The van der Waals surface area contributed by atoms with Crippen LogP contribution < -0.4 is 0 Å². The maximum absolute atomic E-state index is 10.7. The highest BCUT2D eigenvalue weighted by atomic mass is 32.2. The number of benzene rings is 1. The van der Waals surface area contributed by atoms with Crippen LogP contribution in [-0.4, -0.2) is 30.3 Å². The first-order valence-corrected chi connectivity index (χ1v) is 7.45. The van der Waals surface area contributed by atoms with Gasteiger partial charge in [-0.05, 0) is 24.3 Å². The van der Waals surface area contributed by atoms with E-state index in [0.29, 0.717) is 12.0 Å². The molecule has 1 N–H and O–H groups in total. The number of nitrogens with zero attached hydrogens (tertiary/aromatic N) is 1. The monoisotopic (exact) mass is 295 g/mol. The molecule has 0 aromatic heterocycles. The van der Waals surface area contributed by atoms with Crippen LogP contribution in [0.3, 0.4) is 0 Å². The molecule has 0 spiro atoms. The van der Waals surface area contributed by atoms with Crippen molar-refractivity contribution in [2.45, 2.75) is 17.7 Å². The van der Waals surface area contributed by atoms with Gasteiger partial charge in [-0.2, -0.15) is 8.42 Å². The molecule has 0 saturated carbocycles. The minimum Gasteiger partial charge on any atom is -0.320 e. The third-order valence-corrected chi connectivity index (χ3v) is 3.67. The lowest BCUT2D eigenvalue weighted by molar-refractivity contribution is -0.125. The second-order valence-electron chi connectivity index (χ2n) is 4.09. The molecule has 1 fully saturated rings. The highest BCUT2D eigenvalue weighted by molar-refractivity contribution is 7.85. The van der Waals surface area contributed by atoms with Crippen LogP contribution in [0, 0.1) is 0 Å². The molecule has 0 unspecified atom stereocenters. The van der Waals surface area contributed by atoms with Crippen LogP contribution in [0.4, 0.5) is 0 Å². The summed E-state index contributed by atoms with van der Waals surface area (Å²) in [4.78, 5) is 12.2. The van der Waals surface area contributed by atoms with Gasteiger partial charge in [0.05, 0.1) is 0 Å². The molecule has 0 bridgehead atoms. The maximum atomic E-state index is 10.7. The maximum Gasteiger partial charge on any atom is 0.295 e. The molecule has 1 aromatic carbocycles. The van der Waals surface area contributed by atoms with E-state index in [9.17, 15) is 13.2 Å². The van der Waals surface area contributed by atoms with Gasteiger partial charge in [0.1, 0.15) is 4.90 Å². The molecule has 1 saturated heterocycles. The van der Waals surface area contributed by atoms with Crippen LogP contribution in [0.15, 0.2) is 48.5 Å². The fourth-order valence-corrected chi connectivity index (χ4v) is 2.45. The standard InChI is InChI=1S/C8H8O3S.C6H9NO/c1-2-7-5-3-4-6-8(7)12(9,10)11;1-2-7-5-3-4-6(7)8/h2-6H,1H2,(H,9,10,11);2H,1,3-5H2. The first kappa shape index (κ1) is 16.1. The first-order chi connectivity index (χ1) is 9.40. The van der Waals surface area contributed by atoms with Gasteiger partial charge in [0.15, 0.2) is 0 Å². The number of likely N-dealkylation sites (tertiary alicyclic amines) is 1. The van der Waals surface area contributed by atoms with Crippen LogP contribution >= 0.6 is 0 Å². The zero-order chi connectivity index (χ0) is 15.2. The summed E-state index contributed by atoms with van der Waals surface area (Å²) in [6, 6.07) is 6.10. The van der Waals surface area contributed by atoms with E-state index in [1.54, 1.807) is 23.2 Å². The lowest BCUT2D eigenvalue weighted by Crippen LogP contribution is -2.16. The van der Waals surface area contributed by atoms with Crippen molar-refractivity contribution in [3.63, 3.8) is 0 Å². The predicted octanol–water partition coefficient (Wildman–Crippen LogP) is 2.33. The Balaban J connectivity index is 0.000000217. The Bertz CT molecular complexity index is 607. The minimum absolute atomic E-state index is 0.111. The summed E-state index contributed by atoms with van der Waals surface area (Å²) >= 11 is 0. The number of hydrogen-bond acceptors (Lipinski definition) is 3. The van der Waals surface area contributed by atoms with E-state index in [1.807, 2.05) is 0 Å². The number of amides is 1. The van der Waals surface area contributed by atoms with Crippen molar-refractivity contribution in [3.8, 4) is 0 Å². The highest BCUT2D eigenvalue weighted by Crippen LogP contribution is 2.15. The average molecular weight is 295 g/mol. The number of hydrogen-bond donors (Lipinski definition) is 1. The Kier molecular flexibility index (Phi) is 5.66. The fraction of sp³-hybridized carbons (Fsp3) is 0.214. The summed E-state index contributed by atoms with van der Waals surface area (Å²) in [5.74, 6) is 0.208. The van der Waals surface area contributed by atoms with Crippen molar-refractivity contribution in [2.24, 2.45) is 0 Å². The normalized spacial score (nSPS) is 14.4. The van der Waals surface area contributed by atoms with Crippen molar-refractivity contribution in [2.75, 3.05) is 6.54 Å². The van der Waals surface area contributed by atoms with E-state index in [2.05, 4.69) is 13.2 Å². The Labute approximate surface area is 119 Å². The number of carbonyl (C=O) groups is 1. The van der Waals surface area contributed by atoms with E-state index < -0.39 is 10.1 Å². The second-order valence-corrected chi connectivity index (χ2v) is 5.48. The molecule has 6 heteroatoms. The summed E-state index contributed by atoms with van der Waals surface area (Å²) < 4.78 is 30.2. The van der Waals surface area contributed by atoms with Gasteiger partial charge in [-0.15, -0.1) is 0 Å². The van der Waals surface area contributed by atoms with E-state index in [-0.39, 0.29) is 10.8 Å². The van der Waals surface area contributed by atoms with E-state index in [0.717, 1.165) is 13.0 Å². The Morgan fingerprint density at radius 1 is 1.25 bits per heavy atom. The lowest BCUT2D eigenvalue weighted by Gasteiger charge is -2.05. The molecule has 1 aliphatic heterocycles. The van der Waals surface area contributed by atoms with Gasteiger partial charge >= 0.3 is 0 Å². The zero-order valence-electron chi connectivity index (χ0n) is 11.0. The van der Waals surface area contributed by atoms with Gasteiger partial charge in [0.2, 0.25) is 5.91 Å². The second kappa shape index (κ2) is 7.02. The molecule has 0 radical (unpaired) electrons. The first-order valence-electron chi connectivity index (χ1n) is 6.01. The van der Waals surface area contributed by atoms with Crippen LogP contribution in [0.1, 0.15) is 18.4 Å². The van der Waals surface area contributed by atoms with Crippen molar-refractivity contribution in [1.29, 1.82) is 0 Å². The van der Waals surface area contributed by atoms with Crippen molar-refractivity contribution >= 4 is 22.1 Å². The summed E-state index contributed by atoms with van der Waals surface area (Å²) in [6.45, 7) is 7.79. The molecule has 5 nitrogen and oxygen atoms in total.